The van der Waals surface area contributed by atoms with Crippen LogP contribution in [0.4, 0.5) is 34.1 Å². The van der Waals surface area contributed by atoms with E-state index in [0.29, 0.717) is 0 Å². The Bertz CT molecular complexity index is 2240. The monoisotopic (exact) mass is 666 g/mol. The van der Waals surface area contributed by atoms with E-state index in [1.165, 1.54) is 0 Å². The van der Waals surface area contributed by atoms with Gasteiger partial charge in [-0.1, -0.05) is 133 Å². The van der Waals surface area contributed by atoms with Gasteiger partial charge in [-0.25, -0.2) is 0 Å². The highest BCUT2D eigenvalue weighted by atomic mass is 16.1. The highest BCUT2D eigenvalue weighted by Gasteiger charge is 2.31. The van der Waals surface area contributed by atoms with E-state index < -0.39 is 0 Å². The average molecular weight is 667 g/mol. The Hall–Kier alpha value is -6.97. The van der Waals surface area contributed by atoms with Crippen LogP contribution in [0.15, 0.2) is 206 Å². The lowest BCUT2D eigenvalue weighted by Crippen LogP contribution is -2.09. The first-order valence-corrected chi connectivity index (χ1v) is 17.6. The van der Waals surface area contributed by atoms with E-state index in [1.54, 1.807) is 0 Å². The van der Waals surface area contributed by atoms with E-state index in [9.17, 15) is 4.79 Å². The Morgan fingerprint density at radius 2 is 0.519 bits per heavy atom. The Labute approximate surface area is 304 Å². The summed E-state index contributed by atoms with van der Waals surface area (Å²) in [4.78, 5) is 18.5. The van der Waals surface area contributed by atoms with Gasteiger partial charge in [0.25, 0.3) is 0 Å². The van der Waals surface area contributed by atoms with Crippen molar-refractivity contribution < 1.29 is 4.79 Å². The topological polar surface area (TPSA) is 23.6 Å². The first-order valence-electron chi connectivity index (χ1n) is 17.6. The van der Waals surface area contributed by atoms with Crippen LogP contribution in [0, 0.1) is 0 Å². The molecule has 0 bridgehead atoms. The number of benzene rings is 8. The molecule has 8 aromatic carbocycles. The van der Waals surface area contributed by atoms with Crippen LogP contribution in [-0.2, 0) is 0 Å². The van der Waals surface area contributed by atoms with Crippen LogP contribution < -0.4 is 9.80 Å². The molecule has 0 heterocycles. The van der Waals surface area contributed by atoms with Crippen molar-refractivity contribution in [3.05, 3.63) is 217 Å². The van der Waals surface area contributed by atoms with Crippen LogP contribution in [0.3, 0.4) is 0 Å². The molecule has 0 saturated heterocycles. The third kappa shape index (κ3) is 5.55. The molecule has 0 saturated carbocycles. The number of para-hydroxylation sites is 4. The summed E-state index contributed by atoms with van der Waals surface area (Å²) in [5.74, 6) is 0.0700. The van der Waals surface area contributed by atoms with Crippen molar-refractivity contribution >= 4 is 39.9 Å². The highest BCUT2D eigenvalue weighted by Crippen LogP contribution is 2.48. The van der Waals surface area contributed by atoms with Crippen molar-refractivity contribution in [3.8, 4) is 33.4 Å². The molecule has 3 nitrogen and oxygen atoms in total. The summed E-state index contributed by atoms with van der Waals surface area (Å²) in [5.41, 5.74) is 14.2. The first-order chi connectivity index (χ1) is 25.7. The minimum absolute atomic E-state index is 0.0700. The van der Waals surface area contributed by atoms with Gasteiger partial charge in [-0.2, -0.15) is 0 Å². The lowest BCUT2D eigenvalue weighted by molar-refractivity contribution is 0.104. The molecule has 0 spiro atoms. The molecule has 52 heavy (non-hydrogen) atoms. The maximum Gasteiger partial charge on any atom is 0.194 e. The van der Waals surface area contributed by atoms with E-state index in [2.05, 4.69) is 168 Å². The van der Waals surface area contributed by atoms with Crippen LogP contribution in [0.5, 0.6) is 0 Å². The summed E-state index contributed by atoms with van der Waals surface area (Å²) in [5, 5.41) is 0. The SMILES string of the molecule is O=C1c2cccc(-c3ccc(N(c4ccccc4)c4ccccc4)cc3)c2-c2c1cccc2-c1ccc(N(c2ccccc2)c2ccccc2)cc1. The van der Waals surface area contributed by atoms with Crippen molar-refractivity contribution in [3.63, 3.8) is 0 Å². The smallest absolute Gasteiger partial charge is 0.194 e. The largest absolute Gasteiger partial charge is 0.311 e. The normalized spacial score (nSPS) is 11.5. The first kappa shape index (κ1) is 31.0. The lowest BCUT2D eigenvalue weighted by atomic mass is 9.89. The number of anilines is 6. The molecule has 0 fully saturated rings. The minimum atomic E-state index is 0.0700. The number of nitrogens with zero attached hydrogens (tertiary/aromatic N) is 2. The van der Waals surface area contributed by atoms with E-state index >= 15 is 0 Å². The predicted molar refractivity (Wildman–Crippen MR) is 216 cm³/mol. The van der Waals surface area contributed by atoms with E-state index in [0.717, 1.165) is 78.6 Å². The molecule has 9 rings (SSSR count). The third-order valence-electron chi connectivity index (χ3n) is 9.80. The Morgan fingerprint density at radius 1 is 0.250 bits per heavy atom. The summed E-state index contributed by atoms with van der Waals surface area (Å²) in [7, 11) is 0. The summed E-state index contributed by atoms with van der Waals surface area (Å²) in [6.45, 7) is 0. The zero-order valence-corrected chi connectivity index (χ0v) is 28.4. The summed E-state index contributed by atoms with van der Waals surface area (Å²) < 4.78 is 0. The van der Waals surface area contributed by atoms with Gasteiger partial charge in [0.05, 0.1) is 0 Å². The highest BCUT2D eigenvalue weighted by molar-refractivity contribution is 6.25. The van der Waals surface area contributed by atoms with Crippen molar-refractivity contribution in [1.82, 2.24) is 0 Å². The van der Waals surface area contributed by atoms with Gasteiger partial charge >= 0.3 is 0 Å². The van der Waals surface area contributed by atoms with Gasteiger partial charge in [0, 0.05) is 56.4 Å². The molecule has 0 radical (unpaired) electrons. The zero-order valence-electron chi connectivity index (χ0n) is 28.4. The van der Waals surface area contributed by atoms with E-state index in [-0.39, 0.29) is 5.78 Å². The second kappa shape index (κ2) is 13.4. The fourth-order valence-electron chi connectivity index (χ4n) is 7.43. The predicted octanol–water partition coefficient (Wildman–Crippen LogP) is 13.2. The van der Waals surface area contributed by atoms with Gasteiger partial charge in [-0.15, -0.1) is 0 Å². The number of hydrogen-bond acceptors (Lipinski definition) is 3. The molecule has 0 unspecified atom stereocenters. The molecule has 1 aliphatic carbocycles. The number of ketones is 1. The van der Waals surface area contributed by atoms with Gasteiger partial charge in [-0.3, -0.25) is 4.79 Å². The van der Waals surface area contributed by atoms with E-state index in [4.69, 9.17) is 0 Å². The summed E-state index contributed by atoms with van der Waals surface area (Å²) in [6.07, 6.45) is 0. The molecule has 0 aliphatic heterocycles. The average Bonchev–Trinajstić information content (AvgIpc) is 3.52. The molecule has 8 aromatic rings. The lowest BCUT2D eigenvalue weighted by Gasteiger charge is -2.26. The van der Waals surface area contributed by atoms with Crippen molar-refractivity contribution in [2.75, 3.05) is 9.80 Å². The molecule has 0 amide bonds. The number of carbonyl (C=O) groups is 1. The van der Waals surface area contributed by atoms with Crippen molar-refractivity contribution in [1.29, 1.82) is 0 Å². The van der Waals surface area contributed by atoms with Gasteiger partial charge in [0.2, 0.25) is 0 Å². The van der Waals surface area contributed by atoms with Gasteiger partial charge in [-0.05, 0) is 95.1 Å². The van der Waals surface area contributed by atoms with Crippen LogP contribution in [-0.4, -0.2) is 5.78 Å². The van der Waals surface area contributed by atoms with E-state index in [1.807, 2.05) is 48.5 Å². The molecule has 3 heteroatoms. The summed E-state index contributed by atoms with van der Waals surface area (Å²) in [6, 6.07) is 71.3. The zero-order chi connectivity index (χ0) is 34.9. The van der Waals surface area contributed by atoms with Crippen molar-refractivity contribution in [2.45, 2.75) is 0 Å². The van der Waals surface area contributed by atoms with Crippen LogP contribution >= 0.6 is 0 Å². The molecule has 0 atom stereocenters. The molecule has 246 valence electrons. The number of carbonyl (C=O) groups excluding carboxylic acids is 1. The Balaban J connectivity index is 1.11. The quantitative estimate of drug-likeness (QED) is 0.161. The van der Waals surface area contributed by atoms with Gasteiger partial charge in [0.1, 0.15) is 0 Å². The number of rotatable bonds is 8. The molecule has 0 N–H and O–H groups in total. The third-order valence-corrected chi connectivity index (χ3v) is 9.80. The Morgan fingerprint density at radius 3 is 0.827 bits per heavy atom. The fourth-order valence-corrected chi connectivity index (χ4v) is 7.43. The van der Waals surface area contributed by atoms with Crippen LogP contribution in [0.2, 0.25) is 0 Å². The standard InChI is InChI=1S/C49H34N2O/c52-49-45-25-13-23-43(35-27-31-41(32-28-35)50(37-15-5-1-6-16-37)38-17-7-2-8-18-38)47(45)48-44(24-14-26-46(48)49)36-29-33-42(34-30-36)51(39-19-9-3-10-20-39)40-21-11-4-12-22-40/h1-34H. The van der Waals surface area contributed by atoms with Crippen LogP contribution in [0.1, 0.15) is 15.9 Å². The maximum atomic E-state index is 14.0. The van der Waals surface area contributed by atoms with Crippen LogP contribution in [0.25, 0.3) is 33.4 Å². The second-order valence-corrected chi connectivity index (χ2v) is 12.9. The van der Waals surface area contributed by atoms with Crippen molar-refractivity contribution in [2.24, 2.45) is 0 Å². The second-order valence-electron chi connectivity index (χ2n) is 12.9. The fraction of sp³-hybridized carbons (Fsp3) is 0. The molecule has 0 aromatic heterocycles. The molecular weight excluding hydrogens is 633 g/mol. The van der Waals surface area contributed by atoms with Gasteiger partial charge in [0.15, 0.2) is 5.78 Å². The van der Waals surface area contributed by atoms with Gasteiger partial charge < -0.3 is 9.80 Å². The number of hydrogen-bond donors (Lipinski definition) is 0. The Kier molecular flexibility index (Phi) is 7.99. The molecule has 1 aliphatic rings. The maximum absolute atomic E-state index is 14.0. The molecular formula is C49H34N2O. The number of fused-ring (bicyclic) bond motifs is 3. The summed E-state index contributed by atoms with van der Waals surface area (Å²) >= 11 is 0. The minimum Gasteiger partial charge on any atom is -0.311 e.